The molecular formula is C22H25N3O. The number of nitrogens with zero attached hydrogens (tertiary/aromatic N) is 3. The minimum absolute atomic E-state index is 0.952. The van der Waals surface area contributed by atoms with Crippen molar-refractivity contribution in [1.29, 1.82) is 0 Å². The fourth-order valence-corrected chi connectivity index (χ4v) is 3.66. The Labute approximate surface area is 155 Å². The Morgan fingerprint density at radius 2 is 1.69 bits per heavy atom. The summed E-state index contributed by atoms with van der Waals surface area (Å²) >= 11 is 0. The van der Waals surface area contributed by atoms with E-state index in [1.165, 1.54) is 23.1 Å². The number of aromatic nitrogens is 1. The van der Waals surface area contributed by atoms with E-state index in [1.807, 2.05) is 30.6 Å². The highest BCUT2D eigenvalue weighted by Gasteiger charge is 2.17. The van der Waals surface area contributed by atoms with Crippen molar-refractivity contribution in [1.82, 2.24) is 14.8 Å². The first-order chi connectivity index (χ1) is 12.9. The third kappa shape index (κ3) is 4.21. The fourth-order valence-electron chi connectivity index (χ4n) is 3.66. The van der Waals surface area contributed by atoms with E-state index in [4.69, 9.17) is 4.42 Å². The molecule has 1 aromatic carbocycles. The molecule has 4 nitrogen and oxygen atoms in total. The van der Waals surface area contributed by atoms with Gasteiger partial charge in [-0.25, -0.2) is 0 Å². The summed E-state index contributed by atoms with van der Waals surface area (Å²) < 4.78 is 5.62. The van der Waals surface area contributed by atoms with Gasteiger partial charge < -0.3 is 4.42 Å². The van der Waals surface area contributed by atoms with E-state index in [1.54, 1.807) is 6.26 Å². The normalized spacial score (nSPS) is 16.5. The molecule has 1 aliphatic rings. The van der Waals surface area contributed by atoms with Gasteiger partial charge in [0.05, 0.1) is 6.26 Å². The number of rotatable bonds is 5. The van der Waals surface area contributed by atoms with Gasteiger partial charge in [-0.05, 0) is 48.8 Å². The molecule has 0 radical (unpaired) electrons. The van der Waals surface area contributed by atoms with Crippen molar-refractivity contribution in [2.24, 2.45) is 0 Å². The summed E-state index contributed by atoms with van der Waals surface area (Å²) in [6.45, 7) is 6.42. The van der Waals surface area contributed by atoms with Gasteiger partial charge in [0.25, 0.3) is 0 Å². The summed E-state index contributed by atoms with van der Waals surface area (Å²) in [5, 5.41) is 0. The Hall–Kier alpha value is -2.43. The maximum Gasteiger partial charge on any atom is 0.134 e. The average molecular weight is 347 g/mol. The van der Waals surface area contributed by atoms with Crippen LogP contribution >= 0.6 is 0 Å². The zero-order valence-corrected chi connectivity index (χ0v) is 15.1. The first-order valence-corrected chi connectivity index (χ1v) is 9.34. The van der Waals surface area contributed by atoms with Crippen LogP contribution in [0.25, 0.3) is 11.3 Å². The summed E-state index contributed by atoms with van der Waals surface area (Å²) in [5.41, 5.74) is 3.83. The molecule has 1 fully saturated rings. The maximum absolute atomic E-state index is 5.62. The van der Waals surface area contributed by atoms with Crippen LogP contribution in [0.5, 0.6) is 0 Å². The number of hydrogen-bond acceptors (Lipinski definition) is 4. The van der Waals surface area contributed by atoms with Gasteiger partial charge in [0.1, 0.15) is 5.76 Å². The first kappa shape index (κ1) is 17.0. The quantitative estimate of drug-likeness (QED) is 0.697. The molecule has 4 rings (SSSR count). The standard InChI is InChI=1S/C22H25N3O/c1-2-8-21(22-9-4-15-26-22)20(7-1)18-25-12-5-11-24(13-14-25)17-19-6-3-10-23-16-19/h1-4,6-10,15-16H,5,11-14,17-18H2. The number of pyridine rings is 1. The van der Waals surface area contributed by atoms with Crippen LogP contribution in [0.15, 0.2) is 71.6 Å². The van der Waals surface area contributed by atoms with E-state index >= 15 is 0 Å². The van der Waals surface area contributed by atoms with Crippen LogP contribution in [0.1, 0.15) is 17.5 Å². The van der Waals surface area contributed by atoms with Crippen molar-refractivity contribution in [3.05, 3.63) is 78.3 Å². The van der Waals surface area contributed by atoms with Crippen molar-refractivity contribution in [2.45, 2.75) is 19.5 Å². The minimum Gasteiger partial charge on any atom is -0.464 e. The molecule has 4 heteroatoms. The van der Waals surface area contributed by atoms with Crippen LogP contribution in [0, 0.1) is 0 Å². The molecule has 0 unspecified atom stereocenters. The highest BCUT2D eigenvalue weighted by Crippen LogP contribution is 2.25. The molecule has 134 valence electrons. The van der Waals surface area contributed by atoms with E-state index < -0.39 is 0 Å². The molecule has 3 aromatic rings. The number of furan rings is 1. The van der Waals surface area contributed by atoms with Crippen molar-refractivity contribution in [3.8, 4) is 11.3 Å². The van der Waals surface area contributed by atoms with Gasteiger partial charge in [-0.2, -0.15) is 0 Å². The first-order valence-electron chi connectivity index (χ1n) is 9.34. The molecule has 0 amide bonds. The summed E-state index contributed by atoms with van der Waals surface area (Å²) in [5.74, 6) is 0.952. The third-order valence-corrected chi connectivity index (χ3v) is 5.01. The van der Waals surface area contributed by atoms with Crippen LogP contribution in [0.3, 0.4) is 0 Å². The van der Waals surface area contributed by atoms with Crippen LogP contribution < -0.4 is 0 Å². The van der Waals surface area contributed by atoms with E-state index in [9.17, 15) is 0 Å². The lowest BCUT2D eigenvalue weighted by Crippen LogP contribution is -2.30. The summed E-state index contributed by atoms with van der Waals surface area (Å²) in [7, 11) is 0. The van der Waals surface area contributed by atoms with Crippen molar-refractivity contribution >= 4 is 0 Å². The van der Waals surface area contributed by atoms with Gasteiger partial charge in [0, 0.05) is 44.1 Å². The maximum atomic E-state index is 5.62. The van der Waals surface area contributed by atoms with Crippen molar-refractivity contribution in [2.75, 3.05) is 26.2 Å². The molecule has 0 atom stereocenters. The second-order valence-electron chi connectivity index (χ2n) is 6.90. The SMILES string of the molecule is c1cncc(CN2CCCN(Cc3ccccc3-c3ccco3)CC2)c1. The second kappa shape index (κ2) is 8.30. The Kier molecular flexibility index (Phi) is 5.43. The molecule has 0 aliphatic carbocycles. The van der Waals surface area contributed by atoms with Crippen molar-refractivity contribution in [3.63, 3.8) is 0 Å². The van der Waals surface area contributed by atoms with Gasteiger partial charge in [-0.1, -0.05) is 30.3 Å². The molecule has 1 saturated heterocycles. The molecule has 0 spiro atoms. The van der Waals surface area contributed by atoms with Crippen molar-refractivity contribution < 1.29 is 4.42 Å². The molecule has 1 aliphatic heterocycles. The lowest BCUT2D eigenvalue weighted by molar-refractivity contribution is 0.247. The lowest BCUT2D eigenvalue weighted by atomic mass is 10.0. The Bertz CT molecular complexity index is 801. The Morgan fingerprint density at radius 1 is 0.846 bits per heavy atom. The molecular weight excluding hydrogens is 322 g/mol. The number of hydrogen-bond donors (Lipinski definition) is 0. The van der Waals surface area contributed by atoms with Gasteiger partial charge in [0.2, 0.25) is 0 Å². The van der Waals surface area contributed by atoms with Gasteiger partial charge in [-0.3, -0.25) is 14.8 Å². The Morgan fingerprint density at radius 3 is 2.46 bits per heavy atom. The van der Waals surface area contributed by atoms with E-state index in [0.29, 0.717) is 0 Å². The zero-order valence-electron chi connectivity index (χ0n) is 15.1. The van der Waals surface area contributed by atoms with Crippen LogP contribution in [0.4, 0.5) is 0 Å². The Balaban J connectivity index is 1.40. The van der Waals surface area contributed by atoms with Crippen LogP contribution in [0.2, 0.25) is 0 Å². The molecule has 0 saturated carbocycles. The molecule has 26 heavy (non-hydrogen) atoms. The predicted octanol–water partition coefficient (Wildman–Crippen LogP) is 4.05. The van der Waals surface area contributed by atoms with E-state index in [0.717, 1.165) is 45.0 Å². The minimum atomic E-state index is 0.952. The topological polar surface area (TPSA) is 32.5 Å². The molecule has 2 aromatic heterocycles. The van der Waals surface area contributed by atoms with E-state index in [2.05, 4.69) is 45.1 Å². The molecule has 0 bridgehead atoms. The van der Waals surface area contributed by atoms with E-state index in [-0.39, 0.29) is 0 Å². The van der Waals surface area contributed by atoms with Gasteiger partial charge in [0.15, 0.2) is 0 Å². The zero-order chi connectivity index (χ0) is 17.6. The fraction of sp³-hybridized carbons (Fsp3) is 0.318. The second-order valence-corrected chi connectivity index (χ2v) is 6.90. The summed E-state index contributed by atoms with van der Waals surface area (Å²) in [6.07, 6.45) is 6.75. The summed E-state index contributed by atoms with van der Waals surface area (Å²) in [6, 6.07) is 16.7. The van der Waals surface area contributed by atoms with Gasteiger partial charge >= 0.3 is 0 Å². The average Bonchev–Trinajstić information content (AvgIpc) is 3.13. The molecule has 0 N–H and O–H groups in total. The highest BCUT2D eigenvalue weighted by atomic mass is 16.3. The predicted molar refractivity (Wildman–Crippen MR) is 104 cm³/mol. The highest BCUT2D eigenvalue weighted by molar-refractivity contribution is 5.61. The smallest absolute Gasteiger partial charge is 0.134 e. The third-order valence-electron chi connectivity index (χ3n) is 5.01. The van der Waals surface area contributed by atoms with Crippen LogP contribution in [-0.2, 0) is 13.1 Å². The monoisotopic (exact) mass is 347 g/mol. The largest absolute Gasteiger partial charge is 0.464 e. The number of benzene rings is 1. The van der Waals surface area contributed by atoms with Gasteiger partial charge in [-0.15, -0.1) is 0 Å². The molecule has 3 heterocycles. The van der Waals surface area contributed by atoms with Crippen LogP contribution in [-0.4, -0.2) is 41.0 Å². The summed E-state index contributed by atoms with van der Waals surface area (Å²) in [4.78, 5) is 9.33. The lowest BCUT2D eigenvalue weighted by Gasteiger charge is -2.22.